The first-order valence-electron chi connectivity index (χ1n) is 6.28. The molecule has 3 rings (SSSR count). The van der Waals surface area contributed by atoms with E-state index in [4.69, 9.17) is 4.98 Å². The highest BCUT2D eigenvalue weighted by Crippen LogP contribution is 2.27. The molecule has 19 heavy (non-hydrogen) atoms. The van der Waals surface area contributed by atoms with Gasteiger partial charge in [0.25, 0.3) is 0 Å². The number of nitrogens with zero attached hydrogens (tertiary/aromatic N) is 2. The van der Waals surface area contributed by atoms with Crippen molar-refractivity contribution in [2.75, 3.05) is 0 Å². The molecule has 0 saturated carbocycles. The van der Waals surface area contributed by atoms with Crippen molar-refractivity contribution in [1.82, 2.24) is 9.38 Å². The highest BCUT2D eigenvalue weighted by atomic mass is 79.9. The Morgan fingerprint density at radius 3 is 2.42 bits per heavy atom. The molecule has 2 heterocycles. The fourth-order valence-electron chi connectivity index (χ4n) is 2.37. The van der Waals surface area contributed by atoms with Gasteiger partial charge >= 0.3 is 0 Å². The van der Waals surface area contributed by atoms with Crippen molar-refractivity contribution in [3.05, 3.63) is 57.8 Å². The van der Waals surface area contributed by atoms with E-state index >= 15 is 0 Å². The minimum atomic E-state index is 1.02. The molecule has 3 heteroatoms. The number of rotatable bonds is 1. The van der Waals surface area contributed by atoms with E-state index in [0.717, 1.165) is 15.8 Å². The highest BCUT2D eigenvalue weighted by Gasteiger charge is 2.12. The molecule has 0 spiro atoms. The van der Waals surface area contributed by atoms with Gasteiger partial charge in [-0.1, -0.05) is 29.8 Å². The zero-order valence-corrected chi connectivity index (χ0v) is 12.8. The molecular formula is C16H15BrN2. The molecule has 0 amide bonds. The summed E-state index contributed by atoms with van der Waals surface area (Å²) in [6, 6.07) is 10.6. The maximum Gasteiger partial charge on any atom is 0.140 e. The van der Waals surface area contributed by atoms with Crippen molar-refractivity contribution in [3.8, 4) is 11.3 Å². The first-order valence-corrected chi connectivity index (χ1v) is 7.07. The second-order valence-corrected chi connectivity index (χ2v) is 5.86. The van der Waals surface area contributed by atoms with Crippen LogP contribution in [0.15, 0.2) is 41.0 Å². The number of hydrogen-bond donors (Lipinski definition) is 0. The Labute approximate surface area is 121 Å². The van der Waals surface area contributed by atoms with Crippen LogP contribution in [0.4, 0.5) is 0 Å². The summed E-state index contributed by atoms with van der Waals surface area (Å²) in [5.74, 6) is 0. The standard InChI is InChI=1S/C16H15BrN2/c1-10-4-6-13(7-5-10)15-12(3)19-9-14(17)8-11(2)16(19)18-15/h4-9H,1-3H3. The van der Waals surface area contributed by atoms with Crippen LogP contribution in [0.1, 0.15) is 16.8 Å². The van der Waals surface area contributed by atoms with Crippen LogP contribution in [0.5, 0.6) is 0 Å². The molecule has 0 bridgehead atoms. The molecule has 0 unspecified atom stereocenters. The quantitative estimate of drug-likeness (QED) is 0.637. The average molecular weight is 315 g/mol. The minimum Gasteiger partial charge on any atom is -0.302 e. The van der Waals surface area contributed by atoms with Crippen LogP contribution in [0.25, 0.3) is 16.9 Å². The third-order valence-electron chi connectivity index (χ3n) is 3.43. The normalized spacial score (nSPS) is 11.2. The number of fused-ring (bicyclic) bond motifs is 1. The predicted octanol–water partition coefficient (Wildman–Crippen LogP) is 4.69. The SMILES string of the molecule is Cc1ccc(-c2nc3c(C)cc(Br)cn3c2C)cc1. The Morgan fingerprint density at radius 1 is 1.05 bits per heavy atom. The molecule has 0 N–H and O–H groups in total. The molecule has 0 saturated heterocycles. The zero-order valence-electron chi connectivity index (χ0n) is 11.2. The summed E-state index contributed by atoms with van der Waals surface area (Å²) in [6.07, 6.45) is 2.07. The van der Waals surface area contributed by atoms with E-state index in [1.54, 1.807) is 0 Å². The van der Waals surface area contributed by atoms with Gasteiger partial charge in [0.15, 0.2) is 0 Å². The van der Waals surface area contributed by atoms with E-state index in [0.29, 0.717) is 0 Å². The van der Waals surface area contributed by atoms with Crippen molar-refractivity contribution in [2.24, 2.45) is 0 Å². The van der Waals surface area contributed by atoms with E-state index in [-0.39, 0.29) is 0 Å². The number of imidazole rings is 1. The van der Waals surface area contributed by atoms with Gasteiger partial charge in [0.1, 0.15) is 5.65 Å². The molecule has 0 aliphatic carbocycles. The van der Waals surface area contributed by atoms with Gasteiger partial charge in [-0.25, -0.2) is 4.98 Å². The molecule has 0 atom stereocenters. The van der Waals surface area contributed by atoms with Gasteiger partial charge in [0, 0.05) is 21.9 Å². The Balaban J connectivity index is 2.28. The number of pyridine rings is 1. The van der Waals surface area contributed by atoms with E-state index in [9.17, 15) is 0 Å². The van der Waals surface area contributed by atoms with Crippen LogP contribution >= 0.6 is 15.9 Å². The first-order chi connectivity index (χ1) is 9.06. The smallest absolute Gasteiger partial charge is 0.140 e. The second-order valence-electron chi connectivity index (χ2n) is 4.95. The lowest BCUT2D eigenvalue weighted by Crippen LogP contribution is -1.90. The number of halogens is 1. The fourth-order valence-corrected chi connectivity index (χ4v) is 2.91. The lowest BCUT2D eigenvalue weighted by molar-refractivity contribution is 1.09. The third-order valence-corrected chi connectivity index (χ3v) is 3.87. The Bertz CT molecular complexity index is 755. The van der Waals surface area contributed by atoms with Crippen LogP contribution in [-0.2, 0) is 0 Å². The molecule has 3 aromatic rings. The monoisotopic (exact) mass is 314 g/mol. The summed E-state index contributed by atoms with van der Waals surface area (Å²) in [6.45, 7) is 6.30. The fraction of sp³-hybridized carbons (Fsp3) is 0.188. The molecule has 0 aliphatic heterocycles. The average Bonchev–Trinajstić information content (AvgIpc) is 2.69. The van der Waals surface area contributed by atoms with Crippen LogP contribution in [-0.4, -0.2) is 9.38 Å². The number of aryl methyl sites for hydroxylation is 3. The number of benzene rings is 1. The summed E-state index contributed by atoms with van der Waals surface area (Å²) in [4.78, 5) is 4.79. The summed E-state index contributed by atoms with van der Waals surface area (Å²) in [5, 5.41) is 0. The van der Waals surface area contributed by atoms with Crippen molar-refractivity contribution in [2.45, 2.75) is 20.8 Å². The van der Waals surface area contributed by atoms with Crippen LogP contribution < -0.4 is 0 Å². The summed E-state index contributed by atoms with van der Waals surface area (Å²) in [7, 11) is 0. The minimum absolute atomic E-state index is 1.02. The zero-order chi connectivity index (χ0) is 13.6. The van der Waals surface area contributed by atoms with Crippen molar-refractivity contribution in [3.63, 3.8) is 0 Å². The lowest BCUT2D eigenvalue weighted by Gasteiger charge is -2.01. The summed E-state index contributed by atoms with van der Waals surface area (Å²) in [5.41, 5.74) is 6.86. The topological polar surface area (TPSA) is 17.3 Å². The van der Waals surface area contributed by atoms with Gasteiger partial charge in [-0.05, 0) is 48.3 Å². The van der Waals surface area contributed by atoms with Crippen LogP contribution in [0, 0.1) is 20.8 Å². The molecule has 2 aromatic heterocycles. The largest absolute Gasteiger partial charge is 0.302 e. The Morgan fingerprint density at radius 2 is 1.74 bits per heavy atom. The number of hydrogen-bond acceptors (Lipinski definition) is 1. The van der Waals surface area contributed by atoms with Crippen molar-refractivity contribution in [1.29, 1.82) is 0 Å². The van der Waals surface area contributed by atoms with E-state index in [1.807, 2.05) is 0 Å². The lowest BCUT2D eigenvalue weighted by atomic mass is 10.1. The maximum absolute atomic E-state index is 4.79. The molecule has 0 fully saturated rings. The van der Waals surface area contributed by atoms with Gasteiger partial charge in [-0.3, -0.25) is 0 Å². The van der Waals surface area contributed by atoms with Crippen LogP contribution in [0.3, 0.4) is 0 Å². The maximum atomic E-state index is 4.79. The van der Waals surface area contributed by atoms with Gasteiger partial charge in [-0.15, -0.1) is 0 Å². The first kappa shape index (κ1) is 12.4. The Kier molecular flexibility index (Phi) is 2.94. The summed E-state index contributed by atoms with van der Waals surface area (Å²) >= 11 is 3.54. The van der Waals surface area contributed by atoms with Gasteiger partial charge in [-0.2, -0.15) is 0 Å². The molecule has 2 nitrogen and oxygen atoms in total. The molecule has 1 aromatic carbocycles. The van der Waals surface area contributed by atoms with Gasteiger partial charge in [0.2, 0.25) is 0 Å². The highest BCUT2D eigenvalue weighted by molar-refractivity contribution is 9.10. The van der Waals surface area contributed by atoms with E-state index in [2.05, 4.69) is 77.6 Å². The second kappa shape index (κ2) is 4.49. The van der Waals surface area contributed by atoms with Gasteiger partial charge in [0.05, 0.1) is 5.69 Å². The third kappa shape index (κ3) is 2.08. The van der Waals surface area contributed by atoms with Crippen LogP contribution in [0.2, 0.25) is 0 Å². The van der Waals surface area contributed by atoms with E-state index < -0.39 is 0 Å². The molecule has 96 valence electrons. The van der Waals surface area contributed by atoms with Crippen molar-refractivity contribution >= 4 is 21.6 Å². The van der Waals surface area contributed by atoms with E-state index in [1.165, 1.54) is 22.4 Å². The number of aromatic nitrogens is 2. The molecule has 0 radical (unpaired) electrons. The predicted molar refractivity (Wildman–Crippen MR) is 82.5 cm³/mol. The summed E-state index contributed by atoms with van der Waals surface area (Å²) < 4.78 is 3.22. The van der Waals surface area contributed by atoms with Crippen molar-refractivity contribution < 1.29 is 0 Å². The molecule has 0 aliphatic rings. The molecular weight excluding hydrogens is 300 g/mol. The Hall–Kier alpha value is -1.61. The van der Waals surface area contributed by atoms with Gasteiger partial charge < -0.3 is 4.40 Å².